The third-order valence-electron chi connectivity index (χ3n) is 7.39. The SMILES string of the molecule is Cc1cnc(-c2cnc(N3CCCC3)cn2)c2[nH]cc(C(=O)C(=O)N3CCN(C(=O)c4ccccn4)CC3)c12. The van der Waals surface area contributed by atoms with E-state index in [0.29, 0.717) is 46.6 Å². The number of hydrogen-bond donors (Lipinski definition) is 1. The molecule has 1 N–H and O–H groups in total. The summed E-state index contributed by atoms with van der Waals surface area (Å²) in [5.41, 5.74) is 3.24. The van der Waals surface area contributed by atoms with Crippen molar-refractivity contribution in [3.05, 3.63) is 66.0 Å². The second-order valence-corrected chi connectivity index (χ2v) is 9.82. The lowest BCUT2D eigenvalue weighted by Crippen LogP contribution is -2.52. The van der Waals surface area contributed by atoms with Crippen LogP contribution >= 0.6 is 0 Å². The van der Waals surface area contributed by atoms with E-state index >= 15 is 0 Å². The molecule has 39 heavy (non-hydrogen) atoms. The first-order chi connectivity index (χ1) is 19.0. The molecule has 0 saturated carbocycles. The minimum absolute atomic E-state index is 0.183. The minimum Gasteiger partial charge on any atom is -0.359 e. The van der Waals surface area contributed by atoms with Crippen LogP contribution in [0.5, 0.6) is 0 Å². The highest BCUT2D eigenvalue weighted by atomic mass is 16.2. The summed E-state index contributed by atoms with van der Waals surface area (Å²) < 4.78 is 0. The number of fused-ring (bicyclic) bond motifs is 1. The van der Waals surface area contributed by atoms with Crippen LogP contribution in [0.15, 0.2) is 49.2 Å². The predicted molar refractivity (Wildman–Crippen MR) is 144 cm³/mol. The van der Waals surface area contributed by atoms with E-state index in [4.69, 9.17) is 0 Å². The zero-order chi connectivity index (χ0) is 26.9. The molecule has 0 aliphatic carbocycles. The normalized spacial score (nSPS) is 15.7. The Bertz CT molecular complexity index is 1540. The smallest absolute Gasteiger partial charge is 0.295 e. The van der Waals surface area contributed by atoms with E-state index in [1.54, 1.807) is 54.1 Å². The maximum atomic E-state index is 13.4. The molecule has 11 nitrogen and oxygen atoms in total. The summed E-state index contributed by atoms with van der Waals surface area (Å²) in [6.45, 7) is 5.04. The molecular formula is C28H28N8O3. The summed E-state index contributed by atoms with van der Waals surface area (Å²) >= 11 is 0. The van der Waals surface area contributed by atoms with Crippen LogP contribution in [0.3, 0.4) is 0 Å². The average Bonchev–Trinajstić information content (AvgIpc) is 3.69. The first kappa shape index (κ1) is 24.7. The molecular weight excluding hydrogens is 496 g/mol. The lowest BCUT2D eigenvalue weighted by molar-refractivity contribution is -0.127. The van der Waals surface area contributed by atoms with Gasteiger partial charge in [-0.2, -0.15) is 0 Å². The fourth-order valence-electron chi connectivity index (χ4n) is 5.26. The van der Waals surface area contributed by atoms with E-state index in [1.807, 2.05) is 6.92 Å². The standard InChI is InChI=1S/C28H28N8O3/c1-18-14-32-24(21-16-31-22(17-30-21)34-8-4-5-9-34)25-23(18)19(15-33-25)26(37)28(39)36-12-10-35(11-13-36)27(38)20-6-2-3-7-29-20/h2-3,6-7,14-17,33H,4-5,8-13H2,1H3. The van der Waals surface area contributed by atoms with Gasteiger partial charge in [0.05, 0.1) is 23.5 Å². The van der Waals surface area contributed by atoms with Crippen LogP contribution in [0, 0.1) is 6.92 Å². The van der Waals surface area contributed by atoms with Gasteiger partial charge >= 0.3 is 0 Å². The minimum atomic E-state index is -0.596. The first-order valence-electron chi connectivity index (χ1n) is 13.1. The first-order valence-corrected chi connectivity index (χ1v) is 13.1. The van der Waals surface area contributed by atoms with Gasteiger partial charge in [-0.1, -0.05) is 6.07 Å². The van der Waals surface area contributed by atoms with Crippen LogP contribution < -0.4 is 4.90 Å². The third-order valence-corrected chi connectivity index (χ3v) is 7.39. The van der Waals surface area contributed by atoms with Gasteiger partial charge in [0.1, 0.15) is 22.9 Å². The quantitative estimate of drug-likeness (QED) is 0.312. The number of carbonyl (C=O) groups is 3. The van der Waals surface area contributed by atoms with Gasteiger partial charge in [-0.3, -0.25) is 24.4 Å². The number of anilines is 1. The Morgan fingerprint density at radius 3 is 2.31 bits per heavy atom. The molecule has 6 rings (SSSR count). The van der Waals surface area contributed by atoms with E-state index < -0.39 is 11.7 Å². The van der Waals surface area contributed by atoms with Crippen molar-refractivity contribution in [1.29, 1.82) is 0 Å². The third kappa shape index (κ3) is 4.60. The Morgan fingerprint density at radius 1 is 0.846 bits per heavy atom. The monoisotopic (exact) mass is 524 g/mol. The van der Waals surface area contributed by atoms with Gasteiger partial charge in [-0.25, -0.2) is 9.97 Å². The Hall–Kier alpha value is -4.67. The summed E-state index contributed by atoms with van der Waals surface area (Å²) in [4.78, 5) is 65.7. The molecule has 2 saturated heterocycles. The van der Waals surface area contributed by atoms with Gasteiger partial charge in [-0.15, -0.1) is 0 Å². The molecule has 2 fully saturated rings. The van der Waals surface area contributed by atoms with Gasteiger partial charge in [0, 0.05) is 63.2 Å². The van der Waals surface area contributed by atoms with Crippen LogP contribution in [-0.2, 0) is 4.79 Å². The fraction of sp³-hybridized carbons (Fsp3) is 0.321. The van der Waals surface area contributed by atoms with Crippen molar-refractivity contribution >= 4 is 34.3 Å². The van der Waals surface area contributed by atoms with Crippen LogP contribution in [0.25, 0.3) is 22.3 Å². The summed E-state index contributed by atoms with van der Waals surface area (Å²) in [6.07, 6.45) is 10.6. The van der Waals surface area contributed by atoms with E-state index in [0.717, 1.165) is 37.3 Å². The zero-order valence-electron chi connectivity index (χ0n) is 21.6. The molecule has 0 unspecified atom stereocenters. The number of carbonyl (C=O) groups excluding carboxylic acids is 3. The molecule has 198 valence electrons. The number of nitrogens with one attached hydrogen (secondary N) is 1. The number of aryl methyl sites for hydroxylation is 1. The van der Waals surface area contributed by atoms with Crippen molar-refractivity contribution in [3.8, 4) is 11.4 Å². The molecule has 2 aliphatic rings. The van der Waals surface area contributed by atoms with Crippen molar-refractivity contribution in [1.82, 2.24) is 34.7 Å². The van der Waals surface area contributed by atoms with Gasteiger partial charge < -0.3 is 19.7 Å². The fourth-order valence-corrected chi connectivity index (χ4v) is 5.26. The number of aromatic amines is 1. The number of ketones is 1. The molecule has 2 amide bonds. The van der Waals surface area contributed by atoms with Gasteiger partial charge in [0.25, 0.3) is 17.6 Å². The van der Waals surface area contributed by atoms with Crippen molar-refractivity contribution < 1.29 is 14.4 Å². The second kappa shape index (κ2) is 10.2. The maximum absolute atomic E-state index is 13.4. The second-order valence-electron chi connectivity index (χ2n) is 9.82. The lowest BCUT2D eigenvalue weighted by atomic mass is 10.0. The molecule has 0 aromatic carbocycles. The number of piperazine rings is 1. The number of hydrogen-bond acceptors (Lipinski definition) is 8. The number of rotatable bonds is 5. The van der Waals surface area contributed by atoms with Crippen LogP contribution in [-0.4, -0.2) is 91.6 Å². The largest absolute Gasteiger partial charge is 0.359 e. The van der Waals surface area contributed by atoms with Crippen molar-refractivity contribution in [2.24, 2.45) is 0 Å². The lowest BCUT2D eigenvalue weighted by Gasteiger charge is -2.34. The van der Waals surface area contributed by atoms with Gasteiger partial charge in [-0.05, 0) is 37.5 Å². The highest BCUT2D eigenvalue weighted by molar-refractivity contribution is 6.45. The molecule has 4 aromatic heterocycles. The number of amides is 2. The molecule has 6 heterocycles. The highest BCUT2D eigenvalue weighted by Crippen LogP contribution is 2.30. The molecule has 2 aliphatic heterocycles. The maximum Gasteiger partial charge on any atom is 0.295 e. The highest BCUT2D eigenvalue weighted by Gasteiger charge is 2.31. The van der Waals surface area contributed by atoms with Crippen LogP contribution in [0.1, 0.15) is 39.3 Å². The zero-order valence-corrected chi connectivity index (χ0v) is 21.6. The average molecular weight is 525 g/mol. The molecule has 4 aromatic rings. The summed E-state index contributed by atoms with van der Waals surface area (Å²) in [5, 5.41) is 0.646. The Kier molecular flexibility index (Phi) is 6.47. The van der Waals surface area contributed by atoms with Crippen molar-refractivity contribution in [2.75, 3.05) is 44.2 Å². The summed E-state index contributed by atoms with van der Waals surface area (Å²) in [6, 6.07) is 5.18. The molecule has 0 radical (unpaired) electrons. The predicted octanol–water partition coefficient (Wildman–Crippen LogP) is 2.49. The van der Waals surface area contributed by atoms with E-state index in [-0.39, 0.29) is 19.0 Å². The van der Waals surface area contributed by atoms with Gasteiger partial charge in [0.15, 0.2) is 0 Å². The van der Waals surface area contributed by atoms with E-state index in [1.165, 1.54) is 4.90 Å². The Morgan fingerprint density at radius 2 is 1.62 bits per heavy atom. The molecule has 0 atom stereocenters. The number of Topliss-reactive ketones (excluding diaryl/α,β-unsaturated/α-hetero) is 1. The van der Waals surface area contributed by atoms with Crippen molar-refractivity contribution in [2.45, 2.75) is 19.8 Å². The van der Waals surface area contributed by atoms with Crippen LogP contribution in [0.4, 0.5) is 5.82 Å². The van der Waals surface area contributed by atoms with E-state index in [9.17, 15) is 14.4 Å². The van der Waals surface area contributed by atoms with E-state index in [2.05, 4.69) is 29.8 Å². The number of nitrogens with zero attached hydrogens (tertiary/aromatic N) is 7. The molecule has 0 spiro atoms. The number of pyridine rings is 2. The van der Waals surface area contributed by atoms with Gasteiger partial charge in [0.2, 0.25) is 0 Å². The number of aromatic nitrogens is 5. The van der Waals surface area contributed by atoms with Crippen molar-refractivity contribution in [3.63, 3.8) is 0 Å². The topological polar surface area (TPSA) is 128 Å². The van der Waals surface area contributed by atoms with Crippen LogP contribution in [0.2, 0.25) is 0 Å². The molecule has 0 bridgehead atoms. The molecule has 11 heteroatoms. The Labute approximate surface area is 224 Å². The summed E-state index contributed by atoms with van der Waals surface area (Å²) in [7, 11) is 0. The number of H-pyrrole nitrogens is 1. The summed E-state index contributed by atoms with van der Waals surface area (Å²) in [5.74, 6) is -0.526. The Balaban J connectivity index is 1.20.